The van der Waals surface area contributed by atoms with E-state index in [1.54, 1.807) is 20.0 Å². The zero-order chi connectivity index (χ0) is 27.0. The molecule has 5 N–H and O–H groups in total. The third kappa shape index (κ3) is 5.68. The highest BCUT2D eigenvalue weighted by atomic mass is 16.3. The SMILES string of the molecule is Cc1ccc(-c2cn3c(-c4ccc(C(=O)NC5CC5)cc4)cnc3c(NCC(C)(C)O)n2)cc1CC(N)=O. The molecule has 0 radical (unpaired) electrons. The fourth-order valence-corrected chi connectivity index (χ4v) is 4.26. The number of benzene rings is 2. The molecule has 1 aliphatic rings. The van der Waals surface area contributed by atoms with E-state index in [1.807, 2.05) is 60.0 Å². The van der Waals surface area contributed by atoms with E-state index in [9.17, 15) is 14.7 Å². The summed E-state index contributed by atoms with van der Waals surface area (Å²) in [6.07, 6.45) is 5.89. The van der Waals surface area contributed by atoms with Gasteiger partial charge in [-0.2, -0.15) is 0 Å². The lowest BCUT2D eigenvalue weighted by Gasteiger charge is -2.19. The van der Waals surface area contributed by atoms with Crippen molar-refractivity contribution in [2.45, 2.75) is 51.7 Å². The number of nitrogens with zero attached hydrogens (tertiary/aromatic N) is 3. The Morgan fingerprint density at radius 3 is 2.50 bits per heavy atom. The van der Waals surface area contributed by atoms with Crippen LogP contribution in [0.5, 0.6) is 0 Å². The number of carbonyl (C=O) groups is 2. The van der Waals surface area contributed by atoms with E-state index in [0.717, 1.165) is 40.8 Å². The first-order valence-corrected chi connectivity index (χ1v) is 12.7. The first-order valence-electron chi connectivity index (χ1n) is 12.7. The van der Waals surface area contributed by atoms with Crippen molar-refractivity contribution in [3.63, 3.8) is 0 Å². The average Bonchev–Trinajstić information content (AvgIpc) is 3.58. The summed E-state index contributed by atoms with van der Waals surface area (Å²) in [5.41, 5.74) is 10.8. The summed E-state index contributed by atoms with van der Waals surface area (Å²) in [4.78, 5) is 33.5. The second-order valence-electron chi connectivity index (χ2n) is 10.6. The summed E-state index contributed by atoms with van der Waals surface area (Å²) >= 11 is 0. The molecule has 196 valence electrons. The van der Waals surface area contributed by atoms with Crippen molar-refractivity contribution in [3.8, 4) is 22.5 Å². The van der Waals surface area contributed by atoms with Crippen LogP contribution in [0.1, 0.15) is 48.2 Å². The van der Waals surface area contributed by atoms with Crippen LogP contribution in [0, 0.1) is 6.92 Å². The van der Waals surface area contributed by atoms with Crippen LogP contribution in [0.3, 0.4) is 0 Å². The Bertz CT molecular complexity index is 1510. The molecule has 1 saturated carbocycles. The van der Waals surface area contributed by atoms with Crippen molar-refractivity contribution in [1.29, 1.82) is 0 Å². The van der Waals surface area contributed by atoms with Crippen molar-refractivity contribution in [3.05, 3.63) is 71.5 Å². The van der Waals surface area contributed by atoms with E-state index in [1.165, 1.54) is 0 Å². The van der Waals surface area contributed by atoms with Gasteiger partial charge in [0.05, 0.1) is 29.6 Å². The first-order chi connectivity index (χ1) is 18.1. The van der Waals surface area contributed by atoms with E-state index in [-0.39, 0.29) is 18.9 Å². The van der Waals surface area contributed by atoms with Gasteiger partial charge in [0.25, 0.3) is 5.91 Å². The third-order valence-corrected chi connectivity index (χ3v) is 6.55. The minimum atomic E-state index is -0.959. The minimum absolute atomic E-state index is 0.0621. The summed E-state index contributed by atoms with van der Waals surface area (Å²) in [6.45, 7) is 5.65. The molecule has 0 unspecified atom stereocenters. The minimum Gasteiger partial charge on any atom is -0.389 e. The molecule has 0 atom stereocenters. The van der Waals surface area contributed by atoms with Crippen LogP contribution in [0.4, 0.5) is 5.82 Å². The van der Waals surface area contributed by atoms with Gasteiger partial charge in [-0.3, -0.25) is 14.0 Å². The van der Waals surface area contributed by atoms with E-state index in [2.05, 4.69) is 15.6 Å². The van der Waals surface area contributed by atoms with Gasteiger partial charge in [0.15, 0.2) is 11.5 Å². The monoisotopic (exact) mass is 512 g/mol. The molecule has 2 aromatic heterocycles. The Labute approximate surface area is 221 Å². The maximum atomic E-state index is 12.4. The number of aryl methyl sites for hydroxylation is 1. The van der Waals surface area contributed by atoms with Crippen LogP contribution in [0.2, 0.25) is 0 Å². The quantitative estimate of drug-likeness (QED) is 0.271. The van der Waals surface area contributed by atoms with E-state index >= 15 is 0 Å². The standard InChI is InChI=1S/C29H32N6O3/c1-17-4-5-20(12-21(17)13-25(30)36)23-15-35-24(14-31-27(35)26(34-23)32-16-29(2,3)38)18-6-8-19(9-7-18)28(37)33-22-10-11-22/h4-9,12,14-15,22,38H,10-11,13,16H2,1-3H3,(H2,30,36)(H,32,34)(H,33,37). The van der Waals surface area contributed by atoms with Crippen LogP contribution in [0.25, 0.3) is 28.2 Å². The van der Waals surface area contributed by atoms with Crippen molar-refractivity contribution in [2.24, 2.45) is 5.73 Å². The smallest absolute Gasteiger partial charge is 0.251 e. The topological polar surface area (TPSA) is 135 Å². The van der Waals surface area contributed by atoms with Gasteiger partial charge in [0, 0.05) is 35.5 Å². The molecule has 0 saturated heterocycles. The molecule has 38 heavy (non-hydrogen) atoms. The average molecular weight is 513 g/mol. The van der Waals surface area contributed by atoms with Gasteiger partial charge >= 0.3 is 0 Å². The number of amides is 2. The highest BCUT2D eigenvalue weighted by Gasteiger charge is 2.24. The molecule has 0 bridgehead atoms. The molecular weight excluding hydrogens is 480 g/mol. The summed E-state index contributed by atoms with van der Waals surface area (Å²) < 4.78 is 1.95. The number of rotatable bonds is 9. The van der Waals surface area contributed by atoms with Gasteiger partial charge in [-0.05, 0) is 62.9 Å². The maximum absolute atomic E-state index is 12.4. The summed E-state index contributed by atoms with van der Waals surface area (Å²) in [7, 11) is 0. The number of primary amides is 1. The van der Waals surface area contributed by atoms with Crippen LogP contribution < -0.4 is 16.4 Å². The molecule has 1 fully saturated rings. The molecule has 0 aliphatic heterocycles. The molecule has 0 spiro atoms. The van der Waals surface area contributed by atoms with Crippen molar-refractivity contribution in [1.82, 2.24) is 19.7 Å². The summed E-state index contributed by atoms with van der Waals surface area (Å²) in [5, 5.41) is 16.6. The first kappa shape index (κ1) is 25.4. The fraction of sp³-hybridized carbons (Fsp3) is 0.310. The number of hydrogen-bond acceptors (Lipinski definition) is 6. The van der Waals surface area contributed by atoms with Crippen LogP contribution in [-0.2, 0) is 11.2 Å². The van der Waals surface area contributed by atoms with Gasteiger partial charge in [0.1, 0.15) is 0 Å². The zero-order valence-electron chi connectivity index (χ0n) is 21.8. The number of anilines is 1. The van der Waals surface area contributed by atoms with Crippen LogP contribution in [0.15, 0.2) is 54.9 Å². The molecule has 2 heterocycles. The fourth-order valence-electron chi connectivity index (χ4n) is 4.26. The van der Waals surface area contributed by atoms with E-state index < -0.39 is 11.5 Å². The summed E-state index contributed by atoms with van der Waals surface area (Å²) in [6, 6.07) is 13.6. The molecule has 2 aromatic carbocycles. The van der Waals surface area contributed by atoms with Gasteiger partial charge < -0.3 is 21.5 Å². The maximum Gasteiger partial charge on any atom is 0.251 e. The highest BCUT2D eigenvalue weighted by Crippen LogP contribution is 2.29. The molecular formula is C29H32N6O3. The lowest BCUT2D eigenvalue weighted by atomic mass is 10.0. The predicted molar refractivity (Wildman–Crippen MR) is 147 cm³/mol. The molecule has 4 aromatic rings. The lowest BCUT2D eigenvalue weighted by molar-refractivity contribution is -0.117. The Hall–Kier alpha value is -4.24. The normalized spacial score (nSPS) is 13.5. The molecule has 5 rings (SSSR count). The second-order valence-corrected chi connectivity index (χ2v) is 10.6. The number of hydrogen-bond donors (Lipinski definition) is 4. The number of imidazole rings is 1. The Morgan fingerprint density at radius 2 is 1.84 bits per heavy atom. The Morgan fingerprint density at radius 1 is 1.13 bits per heavy atom. The zero-order valence-corrected chi connectivity index (χ0v) is 21.8. The molecule has 9 heteroatoms. The Kier molecular flexibility index (Phi) is 6.62. The number of aliphatic hydroxyl groups is 1. The van der Waals surface area contributed by atoms with Gasteiger partial charge in [0.2, 0.25) is 5.91 Å². The number of nitrogens with one attached hydrogen (secondary N) is 2. The summed E-state index contributed by atoms with van der Waals surface area (Å²) in [5.74, 6) is 0.0635. The second kappa shape index (κ2) is 9.90. The van der Waals surface area contributed by atoms with Gasteiger partial charge in [-0.1, -0.05) is 24.3 Å². The molecule has 1 aliphatic carbocycles. The van der Waals surface area contributed by atoms with Gasteiger partial charge in [-0.15, -0.1) is 0 Å². The van der Waals surface area contributed by atoms with E-state index in [4.69, 9.17) is 10.7 Å². The predicted octanol–water partition coefficient (Wildman–Crippen LogP) is 3.47. The number of aromatic nitrogens is 3. The Balaban J connectivity index is 1.57. The number of fused-ring (bicyclic) bond motifs is 1. The van der Waals surface area contributed by atoms with Crippen molar-refractivity contribution in [2.75, 3.05) is 11.9 Å². The molecule has 2 amide bonds. The lowest BCUT2D eigenvalue weighted by Crippen LogP contribution is -2.29. The van der Waals surface area contributed by atoms with Crippen molar-refractivity contribution >= 4 is 23.3 Å². The largest absolute Gasteiger partial charge is 0.389 e. The molecule has 9 nitrogen and oxygen atoms in total. The van der Waals surface area contributed by atoms with E-state index in [0.29, 0.717) is 28.8 Å². The van der Waals surface area contributed by atoms with Crippen molar-refractivity contribution < 1.29 is 14.7 Å². The highest BCUT2D eigenvalue weighted by molar-refractivity contribution is 5.95. The third-order valence-electron chi connectivity index (χ3n) is 6.55. The number of nitrogens with two attached hydrogens (primary N) is 1. The van der Waals surface area contributed by atoms with Crippen LogP contribution >= 0.6 is 0 Å². The number of carbonyl (C=O) groups excluding carboxylic acids is 2. The van der Waals surface area contributed by atoms with Gasteiger partial charge in [-0.25, -0.2) is 9.97 Å². The van der Waals surface area contributed by atoms with Crippen LogP contribution in [-0.4, -0.2) is 49.5 Å².